The third-order valence-corrected chi connectivity index (χ3v) is 2.47. The smallest absolute Gasteiger partial charge is 0.322 e. The summed E-state index contributed by atoms with van der Waals surface area (Å²) < 4.78 is 6.90. The Morgan fingerprint density at radius 2 is 2.28 bits per heavy atom. The van der Waals surface area contributed by atoms with Crippen molar-refractivity contribution in [3.8, 4) is 0 Å². The standard InChI is InChI=1S/C11H15N5O2/c1-7-4-5-9(18-7)8(2)14-11(17)15-10-12-6-13-16(10)3/h4-6,8H,1-3H3,(H2,12,13,14,15,17)/t8-/m0/s1. The van der Waals surface area contributed by atoms with Crippen molar-refractivity contribution >= 4 is 12.0 Å². The van der Waals surface area contributed by atoms with E-state index >= 15 is 0 Å². The van der Waals surface area contributed by atoms with Crippen LogP contribution in [0.3, 0.4) is 0 Å². The number of hydrogen-bond donors (Lipinski definition) is 2. The first-order valence-electron chi connectivity index (χ1n) is 5.54. The van der Waals surface area contributed by atoms with Crippen LogP contribution in [0.5, 0.6) is 0 Å². The molecular formula is C11H15N5O2. The zero-order valence-corrected chi connectivity index (χ0v) is 10.5. The zero-order chi connectivity index (χ0) is 13.1. The summed E-state index contributed by atoms with van der Waals surface area (Å²) in [6, 6.07) is 3.12. The van der Waals surface area contributed by atoms with Crippen molar-refractivity contribution in [2.45, 2.75) is 19.9 Å². The molecule has 0 fully saturated rings. The maximum absolute atomic E-state index is 11.7. The number of nitrogens with zero attached hydrogens (tertiary/aromatic N) is 3. The van der Waals surface area contributed by atoms with Gasteiger partial charge in [0.1, 0.15) is 17.8 Å². The van der Waals surface area contributed by atoms with Gasteiger partial charge in [-0.25, -0.2) is 9.48 Å². The molecule has 2 aromatic heterocycles. The van der Waals surface area contributed by atoms with E-state index in [4.69, 9.17) is 4.42 Å². The second-order valence-corrected chi connectivity index (χ2v) is 3.98. The molecule has 0 bridgehead atoms. The molecule has 0 aliphatic heterocycles. The highest BCUT2D eigenvalue weighted by Gasteiger charge is 2.13. The lowest BCUT2D eigenvalue weighted by Crippen LogP contribution is -2.31. The highest BCUT2D eigenvalue weighted by atomic mass is 16.3. The van der Waals surface area contributed by atoms with Crippen LogP contribution in [0.15, 0.2) is 22.9 Å². The van der Waals surface area contributed by atoms with Crippen LogP contribution in [0.2, 0.25) is 0 Å². The molecule has 2 aromatic rings. The average Bonchev–Trinajstić information content (AvgIpc) is 2.89. The Morgan fingerprint density at radius 3 is 2.83 bits per heavy atom. The van der Waals surface area contributed by atoms with Gasteiger partial charge in [-0.2, -0.15) is 10.1 Å². The van der Waals surface area contributed by atoms with E-state index in [1.54, 1.807) is 7.05 Å². The van der Waals surface area contributed by atoms with Gasteiger partial charge in [-0.15, -0.1) is 0 Å². The number of rotatable bonds is 3. The summed E-state index contributed by atoms with van der Waals surface area (Å²) in [6.45, 7) is 3.70. The van der Waals surface area contributed by atoms with Gasteiger partial charge in [0, 0.05) is 7.05 Å². The van der Waals surface area contributed by atoms with Gasteiger partial charge >= 0.3 is 6.03 Å². The van der Waals surface area contributed by atoms with Crippen molar-refractivity contribution in [3.05, 3.63) is 30.0 Å². The Morgan fingerprint density at radius 1 is 1.50 bits per heavy atom. The molecule has 2 heterocycles. The number of amides is 2. The first-order valence-corrected chi connectivity index (χ1v) is 5.54. The fourth-order valence-electron chi connectivity index (χ4n) is 1.50. The number of furan rings is 1. The molecule has 0 aliphatic rings. The lowest BCUT2D eigenvalue weighted by molar-refractivity contribution is 0.247. The van der Waals surface area contributed by atoms with Crippen molar-refractivity contribution in [3.63, 3.8) is 0 Å². The number of urea groups is 1. The van der Waals surface area contributed by atoms with Gasteiger partial charge in [0.25, 0.3) is 0 Å². The molecule has 0 spiro atoms. The van der Waals surface area contributed by atoms with Crippen LogP contribution in [0.4, 0.5) is 10.7 Å². The normalized spacial score (nSPS) is 12.2. The second kappa shape index (κ2) is 4.91. The van der Waals surface area contributed by atoms with E-state index in [2.05, 4.69) is 20.7 Å². The summed E-state index contributed by atoms with van der Waals surface area (Å²) in [7, 11) is 1.70. The molecule has 0 saturated heterocycles. The van der Waals surface area contributed by atoms with E-state index in [9.17, 15) is 4.79 Å². The monoisotopic (exact) mass is 249 g/mol. The van der Waals surface area contributed by atoms with Gasteiger partial charge in [0.05, 0.1) is 6.04 Å². The average molecular weight is 249 g/mol. The Kier molecular flexibility index (Phi) is 3.31. The van der Waals surface area contributed by atoms with Crippen molar-refractivity contribution in [2.75, 3.05) is 5.32 Å². The van der Waals surface area contributed by atoms with Gasteiger partial charge in [0.2, 0.25) is 5.95 Å². The van der Waals surface area contributed by atoms with E-state index in [-0.39, 0.29) is 12.1 Å². The fraction of sp³-hybridized carbons (Fsp3) is 0.364. The third kappa shape index (κ3) is 2.68. The summed E-state index contributed by atoms with van der Waals surface area (Å²) in [5.74, 6) is 1.91. The number of hydrogen-bond acceptors (Lipinski definition) is 4. The van der Waals surface area contributed by atoms with E-state index < -0.39 is 0 Å². The number of aromatic nitrogens is 3. The number of carbonyl (C=O) groups is 1. The topological polar surface area (TPSA) is 85.0 Å². The van der Waals surface area contributed by atoms with Gasteiger partial charge in [-0.1, -0.05) is 0 Å². The van der Waals surface area contributed by atoms with Crippen molar-refractivity contribution in [2.24, 2.45) is 7.05 Å². The van der Waals surface area contributed by atoms with Crippen molar-refractivity contribution in [1.82, 2.24) is 20.1 Å². The molecule has 2 rings (SSSR count). The van der Waals surface area contributed by atoms with Crippen LogP contribution in [-0.2, 0) is 7.05 Å². The van der Waals surface area contributed by atoms with Crippen LogP contribution in [0.1, 0.15) is 24.5 Å². The number of nitrogens with one attached hydrogen (secondary N) is 2. The summed E-state index contributed by atoms with van der Waals surface area (Å²) >= 11 is 0. The molecule has 96 valence electrons. The summed E-state index contributed by atoms with van der Waals surface area (Å²) in [5, 5.41) is 9.20. The lowest BCUT2D eigenvalue weighted by atomic mass is 10.2. The molecule has 0 saturated carbocycles. The minimum atomic E-state index is -0.354. The number of aryl methyl sites for hydroxylation is 2. The molecule has 2 N–H and O–H groups in total. The molecule has 1 atom stereocenters. The largest absolute Gasteiger partial charge is 0.464 e. The molecule has 7 nitrogen and oxygen atoms in total. The molecule has 7 heteroatoms. The van der Waals surface area contributed by atoms with Crippen molar-refractivity contribution < 1.29 is 9.21 Å². The number of carbonyl (C=O) groups excluding carboxylic acids is 1. The highest BCUT2D eigenvalue weighted by molar-refractivity contribution is 5.87. The molecule has 2 amide bonds. The molecular weight excluding hydrogens is 234 g/mol. The van der Waals surface area contributed by atoms with Crippen molar-refractivity contribution in [1.29, 1.82) is 0 Å². The molecule has 0 unspecified atom stereocenters. The van der Waals surface area contributed by atoms with Crippen LogP contribution in [0.25, 0.3) is 0 Å². The SMILES string of the molecule is Cc1ccc([C@H](C)NC(=O)Nc2ncnn2C)o1. The summed E-state index contributed by atoms with van der Waals surface area (Å²) in [5.41, 5.74) is 0. The quantitative estimate of drug-likeness (QED) is 0.865. The van der Waals surface area contributed by atoms with Gasteiger partial charge < -0.3 is 9.73 Å². The molecule has 0 aromatic carbocycles. The van der Waals surface area contributed by atoms with E-state index in [0.29, 0.717) is 11.7 Å². The van der Waals surface area contributed by atoms with Crippen LogP contribution < -0.4 is 10.6 Å². The first-order chi connectivity index (χ1) is 8.56. The minimum Gasteiger partial charge on any atom is -0.464 e. The third-order valence-electron chi connectivity index (χ3n) is 2.47. The van der Waals surface area contributed by atoms with Gasteiger partial charge in [0.15, 0.2) is 0 Å². The Bertz CT molecular complexity index is 545. The van der Waals surface area contributed by atoms with E-state index in [0.717, 1.165) is 5.76 Å². The maximum atomic E-state index is 11.7. The predicted molar refractivity (Wildman–Crippen MR) is 65.0 cm³/mol. The first kappa shape index (κ1) is 12.2. The molecule has 0 radical (unpaired) electrons. The predicted octanol–water partition coefficient (Wildman–Crippen LogP) is 1.60. The van der Waals surface area contributed by atoms with Crippen LogP contribution >= 0.6 is 0 Å². The highest BCUT2D eigenvalue weighted by Crippen LogP contribution is 2.15. The van der Waals surface area contributed by atoms with Gasteiger partial charge in [-0.05, 0) is 26.0 Å². The number of anilines is 1. The van der Waals surface area contributed by atoms with Gasteiger partial charge in [-0.3, -0.25) is 5.32 Å². The fourth-order valence-corrected chi connectivity index (χ4v) is 1.50. The maximum Gasteiger partial charge on any atom is 0.322 e. The minimum absolute atomic E-state index is 0.216. The summed E-state index contributed by atoms with van der Waals surface area (Å²) in [6.07, 6.45) is 1.37. The lowest BCUT2D eigenvalue weighted by Gasteiger charge is -2.11. The Hall–Kier alpha value is -2.31. The Labute approximate surface area is 104 Å². The van der Waals surface area contributed by atoms with E-state index in [1.165, 1.54) is 11.0 Å². The van der Waals surface area contributed by atoms with Crippen LogP contribution in [0, 0.1) is 6.92 Å². The second-order valence-electron chi connectivity index (χ2n) is 3.98. The Balaban J connectivity index is 1.93. The molecule has 18 heavy (non-hydrogen) atoms. The van der Waals surface area contributed by atoms with E-state index in [1.807, 2.05) is 26.0 Å². The van der Waals surface area contributed by atoms with Crippen LogP contribution in [-0.4, -0.2) is 20.8 Å². The molecule has 0 aliphatic carbocycles. The summed E-state index contributed by atoms with van der Waals surface area (Å²) in [4.78, 5) is 15.6. The zero-order valence-electron chi connectivity index (χ0n) is 10.5.